The molecular formula is C26H24O5S2. The third kappa shape index (κ3) is 1.85. The van der Waals surface area contributed by atoms with Gasteiger partial charge in [0, 0.05) is 11.8 Å². The van der Waals surface area contributed by atoms with Gasteiger partial charge in [0.25, 0.3) is 0 Å². The highest BCUT2D eigenvalue weighted by Crippen LogP contribution is 2.93. The van der Waals surface area contributed by atoms with E-state index in [0.29, 0.717) is 18.3 Å². The molecule has 33 heavy (non-hydrogen) atoms. The van der Waals surface area contributed by atoms with Gasteiger partial charge in [-0.1, -0.05) is 36.4 Å². The largest absolute Gasteiger partial charge is 0.360 e. The molecule has 0 radical (unpaired) electrons. The van der Waals surface area contributed by atoms with Gasteiger partial charge in [-0.2, -0.15) is 0 Å². The maximum Gasteiger partial charge on any atom is 0.204 e. The molecule has 0 amide bonds. The molecule has 1 saturated heterocycles. The van der Waals surface area contributed by atoms with Crippen LogP contribution in [0, 0.1) is 29.1 Å². The van der Waals surface area contributed by atoms with E-state index in [9.17, 15) is 16.8 Å². The molecule has 5 nitrogen and oxygen atoms in total. The minimum Gasteiger partial charge on any atom is -0.360 e. The zero-order valence-corrected chi connectivity index (χ0v) is 19.6. The van der Waals surface area contributed by atoms with Gasteiger partial charge in [-0.25, -0.2) is 16.8 Å². The van der Waals surface area contributed by atoms with Gasteiger partial charge in [-0.3, -0.25) is 0 Å². The summed E-state index contributed by atoms with van der Waals surface area (Å²) in [6.45, 7) is 0. The van der Waals surface area contributed by atoms with E-state index in [0.717, 1.165) is 12.8 Å². The molecule has 6 aliphatic rings. The van der Waals surface area contributed by atoms with Crippen molar-refractivity contribution in [3.05, 3.63) is 70.5 Å². The number of sulfone groups is 2. The third-order valence-electron chi connectivity index (χ3n) is 9.97. The summed E-state index contributed by atoms with van der Waals surface area (Å²) in [6.07, 6.45) is 5.09. The number of hydrogen-bond donors (Lipinski definition) is 0. The highest BCUT2D eigenvalue weighted by atomic mass is 32.2. The summed E-state index contributed by atoms with van der Waals surface area (Å²) in [4.78, 5) is 0.582. The van der Waals surface area contributed by atoms with Crippen molar-refractivity contribution in [2.45, 2.75) is 53.1 Å². The van der Waals surface area contributed by atoms with Gasteiger partial charge in [0.1, 0.15) is 11.2 Å². The van der Waals surface area contributed by atoms with Crippen LogP contribution in [0.5, 0.6) is 0 Å². The van der Waals surface area contributed by atoms with Gasteiger partial charge in [0.2, 0.25) is 19.7 Å². The van der Waals surface area contributed by atoms with Gasteiger partial charge >= 0.3 is 0 Å². The van der Waals surface area contributed by atoms with Crippen LogP contribution in [0.1, 0.15) is 32.1 Å². The highest BCUT2D eigenvalue weighted by molar-refractivity contribution is 7.99. The van der Waals surface area contributed by atoms with Crippen molar-refractivity contribution in [3.8, 4) is 0 Å². The van der Waals surface area contributed by atoms with Gasteiger partial charge in [0.15, 0.2) is 0 Å². The van der Waals surface area contributed by atoms with Crippen LogP contribution in [-0.2, 0) is 24.4 Å². The molecule has 0 N–H and O–H groups in total. The summed E-state index contributed by atoms with van der Waals surface area (Å²) in [5.41, 5.74) is -0.670. The van der Waals surface area contributed by atoms with E-state index in [1.165, 1.54) is 12.8 Å². The number of benzene rings is 2. The normalized spacial score (nSPS) is 40.8. The molecule has 5 aliphatic carbocycles. The molecule has 5 fully saturated rings. The van der Waals surface area contributed by atoms with E-state index < -0.39 is 30.9 Å². The van der Waals surface area contributed by atoms with E-state index in [-0.39, 0.29) is 36.9 Å². The fourth-order valence-electron chi connectivity index (χ4n) is 9.01. The first-order valence-electron chi connectivity index (χ1n) is 11.9. The van der Waals surface area contributed by atoms with Crippen LogP contribution in [0.4, 0.5) is 0 Å². The van der Waals surface area contributed by atoms with Crippen LogP contribution in [0.15, 0.2) is 80.3 Å². The quantitative estimate of drug-likeness (QED) is 0.615. The monoisotopic (exact) mass is 480 g/mol. The Morgan fingerprint density at radius 1 is 0.667 bits per heavy atom. The second-order valence-electron chi connectivity index (χ2n) is 10.8. The first-order chi connectivity index (χ1) is 15.8. The smallest absolute Gasteiger partial charge is 0.204 e. The molecule has 8 rings (SSSR count). The minimum atomic E-state index is -3.98. The van der Waals surface area contributed by atoms with Crippen molar-refractivity contribution in [2.75, 3.05) is 0 Å². The zero-order chi connectivity index (χ0) is 22.4. The lowest BCUT2D eigenvalue weighted by Gasteiger charge is -2.31. The van der Waals surface area contributed by atoms with Crippen molar-refractivity contribution in [2.24, 2.45) is 29.1 Å². The molecule has 1 heterocycles. The Kier molecular flexibility index (Phi) is 3.21. The van der Waals surface area contributed by atoms with Crippen molar-refractivity contribution >= 4 is 19.7 Å². The number of hydrogen-bond acceptors (Lipinski definition) is 5. The predicted octanol–water partition coefficient (Wildman–Crippen LogP) is 4.12. The van der Waals surface area contributed by atoms with Crippen molar-refractivity contribution < 1.29 is 21.6 Å². The summed E-state index contributed by atoms with van der Waals surface area (Å²) in [6, 6.07) is 16.6. The van der Waals surface area contributed by atoms with Crippen LogP contribution >= 0.6 is 0 Å². The summed E-state index contributed by atoms with van der Waals surface area (Å²) in [5.74, 6) is 0.00171. The Balaban J connectivity index is 1.40. The minimum absolute atomic E-state index is 0.124. The molecule has 1 spiro atoms. The van der Waals surface area contributed by atoms with Gasteiger partial charge in [0.05, 0.1) is 19.6 Å². The second kappa shape index (κ2) is 5.47. The maximum atomic E-state index is 14.1. The molecule has 2 aromatic carbocycles. The summed E-state index contributed by atoms with van der Waals surface area (Å²) >= 11 is 0. The molecule has 170 valence electrons. The van der Waals surface area contributed by atoms with Crippen LogP contribution in [0.3, 0.4) is 0 Å². The Labute approximate surface area is 193 Å². The fraction of sp³-hybridized carbons (Fsp3) is 0.462. The van der Waals surface area contributed by atoms with E-state index in [4.69, 9.17) is 4.74 Å². The van der Waals surface area contributed by atoms with Crippen molar-refractivity contribution in [3.63, 3.8) is 0 Å². The molecule has 4 bridgehead atoms. The molecular weight excluding hydrogens is 456 g/mol. The lowest BCUT2D eigenvalue weighted by molar-refractivity contribution is 0.0464. The summed E-state index contributed by atoms with van der Waals surface area (Å²) < 4.78 is 62.9. The number of ether oxygens (including phenoxy) is 1. The third-order valence-corrected chi connectivity index (χ3v) is 14.1. The summed E-state index contributed by atoms with van der Waals surface area (Å²) in [7, 11) is -7.95. The molecule has 1 aliphatic heterocycles. The number of fused-ring (bicyclic) bond motifs is 2. The van der Waals surface area contributed by atoms with Crippen LogP contribution in [0.25, 0.3) is 0 Å². The van der Waals surface area contributed by atoms with Gasteiger partial charge in [-0.05, 0) is 73.6 Å². The molecule has 0 unspecified atom stereocenters. The Bertz CT molecular complexity index is 1370. The van der Waals surface area contributed by atoms with E-state index >= 15 is 0 Å². The number of epoxide rings is 1. The molecule has 2 aromatic rings. The Hall–Kier alpha value is -1.96. The van der Waals surface area contributed by atoms with Crippen LogP contribution in [0.2, 0.25) is 0 Å². The molecule has 7 heteroatoms. The lowest BCUT2D eigenvalue weighted by atomic mass is 9.73. The predicted molar refractivity (Wildman–Crippen MR) is 120 cm³/mol. The lowest BCUT2D eigenvalue weighted by Crippen LogP contribution is -2.41. The number of rotatable bonds is 4. The topological polar surface area (TPSA) is 80.8 Å². The zero-order valence-electron chi connectivity index (χ0n) is 18.0. The highest BCUT2D eigenvalue weighted by Gasteiger charge is 2.99. The standard InChI is InChI=1S/C26H24O5S2/c27-32(28,16-7-3-1-4-8-16)22-18-15-19(23(22)33(29,30)17-9-5-2-6-10-17)26-21-12-11-20(24(21)13-14-24)25(18,26)31-26/h1-10,18-21H,11-15H2/t18-,19-,20+,21+,25-,26+/m1/s1. The first kappa shape index (κ1) is 19.4. The fourth-order valence-corrected chi connectivity index (χ4v) is 13.3. The molecule has 0 aromatic heterocycles. The average molecular weight is 481 g/mol. The summed E-state index contributed by atoms with van der Waals surface area (Å²) in [5, 5.41) is 0. The Morgan fingerprint density at radius 3 is 1.48 bits per heavy atom. The van der Waals surface area contributed by atoms with Gasteiger partial charge in [-0.15, -0.1) is 0 Å². The van der Waals surface area contributed by atoms with Gasteiger partial charge < -0.3 is 4.74 Å². The van der Waals surface area contributed by atoms with E-state index in [2.05, 4.69) is 0 Å². The van der Waals surface area contributed by atoms with E-state index in [1.54, 1.807) is 60.7 Å². The van der Waals surface area contributed by atoms with Crippen molar-refractivity contribution in [1.82, 2.24) is 0 Å². The maximum absolute atomic E-state index is 14.1. The van der Waals surface area contributed by atoms with E-state index in [1.807, 2.05) is 0 Å². The molecule has 6 atom stereocenters. The molecule has 4 saturated carbocycles. The SMILES string of the molecule is O=S(=O)(C1=C(S(=O)(=O)c2ccccc2)[C@H]2C[C@H]1[C@]13O[C@]21[C@H]1CC[C@H]3C12CC2)c1ccccc1. The average Bonchev–Trinajstić information content (AvgIpc) is 3.61. The Morgan fingerprint density at radius 2 is 1.09 bits per heavy atom. The van der Waals surface area contributed by atoms with Crippen LogP contribution in [-0.4, -0.2) is 28.0 Å². The van der Waals surface area contributed by atoms with Crippen LogP contribution < -0.4 is 0 Å². The second-order valence-corrected chi connectivity index (χ2v) is 14.6. The van der Waals surface area contributed by atoms with Crippen molar-refractivity contribution in [1.29, 1.82) is 0 Å². The first-order valence-corrected chi connectivity index (χ1v) is 14.8.